The molecule has 0 aliphatic carbocycles. The first kappa shape index (κ1) is 11.6. The lowest BCUT2D eigenvalue weighted by Gasteiger charge is -2.16. The average Bonchev–Trinajstić information content (AvgIpc) is 2.66. The summed E-state index contributed by atoms with van der Waals surface area (Å²) >= 11 is 6.34. The Labute approximate surface area is 100 Å². The molecule has 2 rings (SSSR count). The van der Waals surface area contributed by atoms with Crippen LogP contribution in [0.5, 0.6) is 11.5 Å². The average molecular weight is 242 g/mol. The number of aryl methyl sites for hydroxylation is 1. The van der Waals surface area contributed by atoms with Crippen molar-refractivity contribution in [1.29, 1.82) is 0 Å². The fourth-order valence-corrected chi connectivity index (χ4v) is 2.62. The van der Waals surface area contributed by atoms with Crippen LogP contribution in [0.1, 0.15) is 30.4 Å². The molecule has 0 bridgehead atoms. The maximum atomic E-state index is 6.34. The zero-order valence-electron chi connectivity index (χ0n) is 9.55. The van der Waals surface area contributed by atoms with E-state index in [1.807, 2.05) is 13.0 Å². The van der Waals surface area contributed by atoms with Crippen molar-refractivity contribution in [2.75, 3.05) is 13.3 Å². The van der Waals surface area contributed by atoms with Gasteiger partial charge in [0.1, 0.15) is 0 Å². The fraction of sp³-hybridized carbons (Fsp3) is 0.500. The quantitative estimate of drug-likeness (QED) is 0.885. The maximum Gasteiger partial charge on any atom is 0.231 e. The van der Waals surface area contributed by atoms with Gasteiger partial charge in [-0.15, -0.1) is 0 Å². The summed E-state index contributed by atoms with van der Waals surface area (Å²) in [5.41, 5.74) is 7.84. The summed E-state index contributed by atoms with van der Waals surface area (Å²) in [5, 5.41) is 0.674. The molecule has 4 heteroatoms. The number of nitrogens with two attached hydrogens (primary N) is 1. The summed E-state index contributed by atoms with van der Waals surface area (Å²) in [4.78, 5) is 0. The summed E-state index contributed by atoms with van der Waals surface area (Å²) in [6.07, 6.45) is 0.917. The minimum atomic E-state index is 0.253. The minimum absolute atomic E-state index is 0.253. The van der Waals surface area contributed by atoms with Crippen molar-refractivity contribution in [1.82, 2.24) is 0 Å². The highest BCUT2D eigenvalue weighted by Crippen LogP contribution is 2.45. The van der Waals surface area contributed by atoms with Crippen molar-refractivity contribution in [3.63, 3.8) is 0 Å². The molecule has 16 heavy (non-hydrogen) atoms. The number of hydrogen-bond donors (Lipinski definition) is 1. The van der Waals surface area contributed by atoms with Gasteiger partial charge in [-0.1, -0.05) is 18.5 Å². The predicted octanol–water partition coefficient (Wildman–Crippen LogP) is 2.83. The van der Waals surface area contributed by atoms with Gasteiger partial charge in [-0.05, 0) is 43.0 Å². The van der Waals surface area contributed by atoms with E-state index in [9.17, 15) is 0 Å². The Hall–Kier alpha value is -0.930. The molecular formula is C12H16ClNO2. The Kier molecular flexibility index (Phi) is 3.26. The molecule has 0 amide bonds. The van der Waals surface area contributed by atoms with Gasteiger partial charge in [-0.3, -0.25) is 0 Å². The number of hydrogen-bond acceptors (Lipinski definition) is 3. The Balaban J connectivity index is 2.45. The lowest BCUT2D eigenvalue weighted by molar-refractivity contribution is 0.174. The molecule has 0 aromatic heterocycles. The van der Waals surface area contributed by atoms with Gasteiger partial charge in [-0.25, -0.2) is 0 Å². The second kappa shape index (κ2) is 4.52. The van der Waals surface area contributed by atoms with E-state index in [0.29, 0.717) is 23.2 Å². The van der Waals surface area contributed by atoms with Gasteiger partial charge in [0.15, 0.2) is 11.5 Å². The second-order valence-corrected chi connectivity index (χ2v) is 4.51. The molecule has 3 nitrogen and oxygen atoms in total. The topological polar surface area (TPSA) is 44.5 Å². The molecule has 1 aliphatic heterocycles. The maximum absolute atomic E-state index is 6.34. The first-order valence-electron chi connectivity index (χ1n) is 5.43. The molecule has 0 saturated heterocycles. The van der Waals surface area contributed by atoms with E-state index < -0.39 is 0 Å². The van der Waals surface area contributed by atoms with E-state index >= 15 is 0 Å². The van der Waals surface area contributed by atoms with Crippen LogP contribution in [0.2, 0.25) is 5.02 Å². The molecule has 1 atom stereocenters. The predicted molar refractivity (Wildman–Crippen MR) is 64.4 cm³/mol. The Bertz CT molecular complexity index is 406. The Morgan fingerprint density at radius 1 is 1.50 bits per heavy atom. The van der Waals surface area contributed by atoms with Crippen LogP contribution in [0.25, 0.3) is 0 Å². The smallest absolute Gasteiger partial charge is 0.231 e. The summed E-state index contributed by atoms with van der Waals surface area (Å²) in [7, 11) is 0. The number of rotatable bonds is 3. The second-order valence-electron chi connectivity index (χ2n) is 4.13. The van der Waals surface area contributed by atoms with Crippen LogP contribution in [0.3, 0.4) is 0 Å². The Morgan fingerprint density at radius 3 is 2.94 bits per heavy atom. The highest BCUT2D eigenvalue weighted by atomic mass is 35.5. The van der Waals surface area contributed by atoms with E-state index in [1.54, 1.807) is 0 Å². The van der Waals surface area contributed by atoms with Crippen molar-refractivity contribution in [3.05, 3.63) is 22.2 Å². The highest BCUT2D eigenvalue weighted by Gasteiger charge is 2.24. The van der Waals surface area contributed by atoms with Gasteiger partial charge in [0, 0.05) is 0 Å². The zero-order chi connectivity index (χ0) is 11.7. The molecule has 0 radical (unpaired) electrons. The van der Waals surface area contributed by atoms with Gasteiger partial charge >= 0.3 is 0 Å². The molecule has 0 fully saturated rings. The molecule has 1 aromatic carbocycles. The zero-order valence-corrected chi connectivity index (χ0v) is 10.3. The molecule has 0 spiro atoms. The number of halogens is 1. The number of benzene rings is 1. The van der Waals surface area contributed by atoms with Crippen LogP contribution < -0.4 is 15.2 Å². The summed E-state index contributed by atoms with van der Waals surface area (Å²) in [6.45, 7) is 5.08. The first-order chi connectivity index (χ1) is 7.65. The van der Waals surface area contributed by atoms with Crippen LogP contribution in [0.15, 0.2) is 6.07 Å². The van der Waals surface area contributed by atoms with Gasteiger partial charge < -0.3 is 15.2 Å². The van der Waals surface area contributed by atoms with Gasteiger partial charge in [0.05, 0.1) is 5.02 Å². The number of fused-ring (bicyclic) bond motifs is 1. The van der Waals surface area contributed by atoms with Gasteiger partial charge in [-0.2, -0.15) is 0 Å². The van der Waals surface area contributed by atoms with E-state index in [-0.39, 0.29) is 6.79 Å². The molecular weight excluding hydrogens is 226 g/mol. The van der Waals surface area contributed by atoms with Gasteiger partial charge in [0.2, 0.25) is 6.79 Å². The van der Waals surface area contributed by atoms with Crippen LogP contribution in [-0.2, 0) is 0 Å². The molecule has 1 heterocycles. The highest BCUT2D eigenvalue weighted by molar-refractivity contribution is 6.33. The fourth-order valence-electron chi connectivity index (χ4n) is 2.14. The molecule has 0 saturated carbocycles. The van der Waals surface area contributed by atoms with Crippen LogP contribution in [0.4, 0.5) is 0 Å². The van der Waals surface area contributed by atoms with Crippen molar-refractivity contribution in [2.24, 2.45) is 5.73 Å². The Morgan fingerprint density at radius 2 is 2.25 bits per heavy atom. The monoisotopic (exact) mass is 241 g/mol. The molecule has 1 aliphatic rings. The summed E-state index contributed by atoms with van der Waals surface area (Å²) < 4.78 is 10.7. The largest absolute Gasteiger partial charge is 0.454 e. The van der Waals surface area contributed by atoms with Crippen molar-refractivity contribution in [2.45, 2.75) is 26.2 Å². The van der Waals surface area contributed by atoms with E-state index in [4.69, 9.17) is 26.8 Å². The van der Waals surface area contributed by atoms with Crippen LogP contribution in [-0.4, -0.2) is 13.3 Å². The minimum Gasteiger partial charge on any atom is -0.454 e. The SMILES string of the molecule is Cc1cc2c(c(Cl)c1C(C)CCN)OCO2. The van der Waals surface area contributed by atoms with Crippen LogP contribution in [0, 0.1) is 6.92 Å². The lowest BCUT2D eigenvalue weighted by atomic mass is 9.93. The normalized spacial score (nSPS) is 15.2. The molecule has 1 unspecified atom stereocenters. The van der Waals surface area contributed by atoms with Crippen LogP contribution >= 0.6 is 11.6 Å². The van der Waals surface area contributed by atoms with Crippen molar-refractivity contribution < 1.29 is 9.47 Å². The third kappa shape index (κ3) is 1.85. The number of ether oxygens (including phenoxy) is 2. The van der Waals surface area contributed by atoms with E-state index in [0.717, 1.165) is 23.3 Å². The molecule has 88 valence electrons. The van der Waals surface area contributed by atoms with Crippen molar-refractivity contribution in [3.8, 4) is 11.5 Å². The summed E-state index contributed by atoms with van der Waals surface area (Å²) in [5.74, 6) is 1.75. The standard InChI is InChI=1S/C12H16ClNO2/c1-7(3-4-14)10-8(2)5-9-12(11(10)13)16-6-15-9/h5,7H,3-4,6,14H2,1-2H3. The van der Waals surface area contributed by atoms with E-state index in [1.165, 1.54) is 0 Å². The third-order valence-electron chi connectivity index (χ3n) is 2.94. The molecule has 2 N–H and O–H groups in total. The lowest BCUT2D eigenvalue weighted by Crippen LogP contribution is -2.06. The third-order valence-corrected chi connectivity index (χ3v) is 3.32. The first-order valence-corrected chi connectivity index (χ1v) is 5.81. The summed E-state index contributed by atoms with van der Waals surface area (Å²) in [6, 6.07) is 1.98. The van der Waals surface area contributed by atoms with E-state index in [2.05, 4.69) is 6.92 Å². The molecule has 1 aromatic rings. The van der Waals surface area contributed by atoms with Crippen molar-refractivity contribution >= 4 is 11.6 Å². The van der Waals surface area contributed by atoms with Gasteiger partial charge in [0.25, 0.3) is 0 Å².